The molecule has 4 aliphatic carbocycles. The molecular formula is C23H29F3O3. The van der Waals surface area contributed by atoms with Crippen LogP contribution in [0.5, 0.6) is 0 Å². The average Bonchev–Trinajstić information content (AvgIpc) is 2.98. The lowest BCUT2D eigenvalue weighted by molar-refractivity contribution is -0.172. The summed E-state index contributed by atoms with van der Waals surface area (Å²) >= 11 is 0. The molecule has 4 aliphatic rings. The van der Waals surface area contributed by atoms with Crippen LogP contribution < -0.4 is 0 Å². The van der Waals surface area contributed by atoms with E-state index in [1.54, 1.807) is 0 Å². The smallest absolute Gasteiger partial charge is 0.299 e. The number of allylic oxidation sites excluding steroid dienone is 1. The van der Waals surface area contributed by atoms with E-state index in [0.717, 1.165) is 38.5 Å². The summed E-state index contributed by atoms with van der Waals surface area (Å²) in [5.74, 6) is -1.45. The van der Waals surface area contributed by atoms with Gasteiger partial charge < -0.3 is 0 Å². The van der Waals surface area contributed by atoms with Crippen LogP contribution in [0.2, 0.25) is 0 Å². The Bertz CT molecular complexity index is 783. The Morgan fingerprint density at radius 2 is 1.76 bits per heavy atom. The quantitative estimate of drug-likeness (QED) is 0.599. The zero-order chi connectivity index (χ0) is 21.2. The second-order valence-corrected chi connectivity index (χ2v) is 10.2. The van der Waals surface area contributed by atoms with Crippen molar-refractivity contribution in [2.45, 2.75) is 77.8 Å². The van der Waals surface area contributed by atoms with Crippen molar-refractivity contribution in [2.24, 2.45) is 34.5 Å². The van der Waals surface area contributed by atoms with Crippen LogP contribution >= 0.6 is 0 Å². The zero-order valence-corrected chi connectivity index (χ0v) is 17.1. The molecule has 0 aliphatic heterocycles. The van der Waals surface area contributed by atoms with Crippen LogP contribution in [0.4, 0.5) is 13.2 Å². The molecule has 3 nitrogen and oxygen atoms in total. The fourth-order valence-electron chi connectivity index (χ4n) is 7.47. The fraction of sp³-hybridized carbons (Fsp3) is 0.783. The van der Waals surface area contributed by atoms with E-state index in [2.05, 4.69) is 13.8 Å². The number of rotatable bonds is 3. The van der Waals surface area contributed by atoms with Gasteiger partial charge in [-0.25, -0.2) is 0 Å². The summed E-state index contributed by atoms with van der Waals surface area (Å²) in [7, 11) is 0. The van der Waals surface area contributed by atoms with Crippen LogP contribution in [0.3, 0.4) is 0 Å². The van der Waals surface area contributed by atoms with E-state index in [4.69, 9.17) is 0 Å². The normalized spacial score (nSPS) is 41.8. The first-order valence-electron chi connectivity index (χ1n) is 10.8. The predicted molar refractivity (Wildman–Crippen MR) is 101 cm³/mol. The number of hydrogen-bond acceptors (Lipinski definition) is 3. The van der Waals surface area contributed by atoms with Gasteiger partial charge in [-0.15, -0.1) is 0 Å². The summed E-state index contributed by atoms with van der Waals surface area (Å²) in [5, 5.41) is 0. The highest BCUT2D eigenvalue weighted by Crippen LogP contribution is 2.66. The maximum atomic E-state index is 12.7. The Morgan fingerprint density at radius 1 is 1.03 bits per heavy atom. The minimum absolute atomic E-state index is 0.0342. The molecule has 3 saturated carbocycles. The van der Waals surface area contributed by atoms with E-state index in [-0.39, 0.29) is 16.6 Å². The lowest BCUT2D eigenvalue weighted by Gasteiger charge is -2.58. The van der Waals surface area contributed by atoms with Crippen molar-refractivity contribution < 1.29 is 27.6 Å². The third-order valence-corrected chi connectivity index (χ3v) is 9.00. The van der Waals surface area contributed by atoms with Gasteiger partial charge in [0.1, 0.15) is 5.78 Å². The number of Topliss-reactive ketones (excluding diaryl/α,β-unsaturated/α-hetero) is 2. The maximum absolute atomic E-state index is 12.7. The van der Waals surface area contributed by atoms with Gasteiger partial charge in [0.05, 0.1) is 6.42 Å². The third-order valence-electron chi connectivity index (χ3n) is 9.00. The number of carbonyl (C=O) groups excluding carboxylic acids is 3. The summed E-state index contributed by atoms with van der Waals surface area (Å²) in [6.07, 6.45) is 2.46. The molecule has 6 heteroatoms. The average molecular weight is 410 g/mol. The Kier molecular flexibility index (Phi) is 4.86. The summed E-state index contributed by atoms with van der Waals surface area (Å²) in [6.45, 7) is 4.35. The van der Waals surface area contributed by atoms with Gasteiger partial charge in [0.25, 0.3) is 0 Å². The van der Waals surface area contributed by atoms with Crippen molar-refractivity contribution in [1.82, 2.24) is 0 Å². The van der Waals surface area contributed by atoms with Crippen molar-refractivity contribution in [2.75, 3.05) is 0 Å². The summed E-state index contributed by atoms with van der Waals surface area (Å²) < 4.78 is 37.9. The monoisotopic (exact) mass is 410 g/mol. The highest BCUT2D eigenvalue weighted by molar-refractivity contribution is 6.02. The molecule has 29 heavy (non-hydrogen) atoms. The zero-order valence-electron chi connectivity index (χ0n) is 17.1. The van der Waals surface area contributed by atoms with Gasteiger partial charge in [0, 0.05) is 12.3 Å². The molecule has 0 aromatic carbocycles. The fourth-order valence-corrected chi connectivity index (χ4v) is 7.47. The van der Waals surface area contributed by atoms with Crippen LogP contribution in [0.15, 0.2) is 11.6 Å². The standard InChI is InChI=1S/C23H29F3O3/c1-21-9-7-14(27)11-13(21)3-4-15-16-5-6-18(22(16,2)10-8-17(15)21)19(28)12-20(29)23(24,25)26/h11,15-18H,3-10,12H2,1-2H3/t15-,16-,17-,18+,21-,22-/m0/s1. The molecule has 0 heterocycles. The molecule has 0 spiro atoms. The third kappa shape index (κ3) is 3.21. The number of halogens is 3. The van der Waals surface area contributed by atoms with Gasteiger partial charge in [0.15, 0.2) is 5.78 Å². The topological polar surface area (TPSA) is 51.2 Å². The van der Waals surface area contributed by atoms with Crippen LogP contribution in [-0.2, 0) is 14.4 Å². The molecule has 0 amide bonds. The molecule has 160 valence electrons. The second-order valence-electron chi connectivity index (χ2n) is 10.2. The molecule has 4 rings (SSSR count). The molecule has 0 unspecified atom stereocenters. The first kappa shape index (κ1) is 20.8. The summed E-state index contributed by atoms with van der Waals surface area (Å²) in [6, 6.07) is 0. The van der Waals surface area contributed by atoms with E-state index in [1.165, 1.54) is 5.57 Å². The van der Waals surface area contributed by atoms with Crippen molar-refractivity contribution in [3.8, 4) is 0 Å². The molecule has 0 saturated heterocycles. The molecule has 0 N–H and O–H groups in total. The maximum Gasteiger partial charge on any atom is 0.450 e. The molecule has 3 fully saturated rings. The number of hydrogen-bond donors (Lipinski definition) is 0. The van der Waals surface area contributed by atoms with Gasteiger partial charge in [-0.2, -0.15) is 13.2 Å². The minimum Gasteiger partial charge on any atom is -0.299 e. The molecule has 0 bridgehead atoms. The minimum atomic E-state index is -4.94. The highest BCUT2D eigenvalue weighted by atomic mass is 19.4. The molecule has 0 aromatic rings. The lowest BCUT2D eigenvalue weighted by atomic mass is 9.46. The van der Waals surface area contributed by atoms with Crippen molar-refractivity contribution in [3.05, 3.63) is 11.6 Å². The van der Waals surface area contributed by atoms with E-state index >= 15 is 0 Å². The Morgan fingerprint density at radius 3 is 2.45 bits per heavy atom. The number of carbonyl (C=O) groups is 3. The second kappa shape index (κ2) is 6.78. The number of alkyl halides is 3. The molecule has 0 aromatic heterocycles. The Hall–Kier alpha value is -1.46. The predicted octanol–water partition coefficient (Wildman–Crippen LogP) is 5.23. The van der Waals surface area contributed by atoms with Crippen molar-refractivity contribution in [1.29, 1.82) is 0 Å². The van der Waals surface area contributed by atoms with Crippen LogP contribution in [0, 0.1) is 34.5 Å². The van der Waals surface area contributed by atoms with E-state index in [1.807, 2.05) is 6.08 Å². The van der Waals surface area contributed by atoms with Crippen LogP contribution in [0.25, 0.3) is 0 Å². The SMILES string of the molecule is C[C@]12CC[C@H]3[C@@H](CCC4=CC(=O)CC[C@@]43C)[C@@H]1CC[C@@H]2C(=O)CC(=O)C(F)(F)F. The van der Waals surface area contributed by atoms with Gasteiger partial charge in [-0.3, -0.25) is 14.4 Å². The first-order chi connectivity index (χ1) is 13.5. The largest absolute Gasteiger partial charge is 0.450 e. The summed E-state index contributed by atoms with van der Waals surface area (Å²) in [4.78, 5) is 36.0. The van der Waals surface area contributed by atoms with Crippen molar-refractivity contribution in [3.63, 3.8) is 0 Å². The Labute approximate surface area is 169 Å². The highest BCUT2D eigenvalue weighted by Gasteiger charge is 2.60. The van der Waals surface area contributed by atoms with Gasteiger partial charge in [-0.1, -0.05) is 19.4 Å². The van der Waals surface area contributed by atoms with Gasteiger partial charge >= 0.3 is 6.18 Å². The Balaban J connectivity index is 1.55. The van der Waals surface area contributed by atoms with Gasteiger partial charge in [-0.05, 0) is 79.6 Å². The lowest BCUT2D eigenvalue weighted by Crippen LogP contribution is -2.51. The summed E-state index contributed by atoms with van der Waals surface area (Å²) in [5.41, 5.74) is 0.999. The van der Waals surface area contributed by atoms with E-state index in [9.17, 15) is 27.6 Å². The molecular weight excluding hydrogens is 381 g/mol. The number of fused-ring (bicyclic) bond motifs is 5. The molecule has 6 atom stereocenters. The van der Waals surface area contributed by atoms with Crippen LogP contribution in [-0.4, -0.2) is 23.5 Å². The number of ketones is 3. The van der Waals surface area contributed by atoms with Gasteiger partial charge in [0.2, 0.25) is 5.78 Å². The van der Waals surface area contributed by atoms with E-state index < -0.39 is 30.1 Å². The van der Waals surface area contributed by atoms with E-state index in [0.29, 0.717) is 30.6 Å². The van der Waals surface area contributed by atoms with Crippen LogP contribution in [0.1, 0.15) is 71.6 Å². The van der Waals surface area contributed by atoms with Crippen molar-refractivity contribution >= 4 is 17.3 Å². The molecule has 0 radical (unpaired) electrons. The first-order valence-corrected chi connectivity index (χ1v) is 10.8.